The van der Waals surface area contributed by atoms with Crippen LogP contribution in [-0.2, 0) is 6.42 Å². The molecule has 26 heavy (non-hydrogen) atoms. The fourth-order valence-electron chi connectivity index (χ4n) is 2.21. The molecule has 3 rings (SSSR count). The predicted molar refractivity (Wildman–Crippen MR) is 99.6 cm³/mol. The van der Waals surface area contributed by atoms with E-state index >= 15 is 0 Å². The van der Waals surface area contributed by atoms with E-state index in [-0.39, 0.29) is 16.9 Å². The lowest BCUT2D eigenvalue weighted by atomic mass is 10.1. The minimum atomic E-state index is -0.639. The van der Waals surface area contributed by atoms with Crippen molar-refractivity contribution in [2.45, 2.75) is 6.42 Å². The number of carbonyl (C=O) groups excluding carboxylic acids is 1. The molecule has 1 amide bonds. The fourth-order valence-corrected chi connectivity index (χ4v) is 3.19. The van der Waals surface area contributed by atoms with Gasteiger partial charge in [0.25, 0.3) is 11.6 Å². The molecule has 0 atom stereocenters. The van der Waals surface area contributed by atoms with E-state index in [0.717, 1.165) is 11.6 Å². The Morgan fingerprint density at radius 3 is 2.81 bits per heavy atom. The van der Waals surface area contributed by atoms with Crippen LogP contribution < -0.4 is 11.1 Å². The number of hydrogen-bond donors (Lipinski definition) is 2. The van der Waals surface area contributed by atoms with Crippen molar-refractivity contribution in [3.05, 3.63) is 73.7 Å². The molecule has 2 aromatic carbocycles. The van der Waals surface area contributed by atoms with Crippen LogP contribution >= 0.6 is 22.9 Å². The normalized spacial score (nSPS) is 10.5. The zero-order valence-corrected chi connectivity index (χ0v) is 14.8. The minimum Gasteiger partial charge on any atom is -0.393 e. The van der Waals surface area contributed by atoms with Gasteiger partial charge in [-0.05, 0) is 29.8 Å². The largest absolute Gasteiger partial charge is 0.393 e. The number of benzene rings is 2. The molecule has 132 valence electrons. The van der Waals surface area contributed by atoms with Gasteiger partial charge in [0, 0.05) is 23.1 Å². The number of nitrogen functional groups attached to an aromatic ring is 1. The Morgan fingerprint density at radius 2 is 2.08 bits per heavy atom. The zero-order valence-electron chi connectivity index (χ0n) is 13.2. The first-order valence-electron chi connectivity index (χ1n) is 7.34. The van der Waals surface area contributed by atoms with Gasteiger partial charge in [-0.2, -0.15) is 0 Å². The van der Waals surface area contributed by atoms with Crippen LogP contribution in [0.4, 0.5) is 16.5 Å². The summed E-state index contributed by atoms with van der Waals surface area (Å²) in [5.41, 5.74) is 6.28. The summed E-state index contributed by atoms with van der Waals surface area (Å²) in [4.78, 5) is 22.5. The molecule has 0 fully saturated rings. The summed E-state index contributed by atoms with van der Waals surface area (Å²) in [7, 11) is 0. The highest BCUT2D eigenvalue weighted by Crippen LogP contribution is 2.24. The smallest absolute Gasteiger partial charge is 0.292 e. The average Bonchev–Trinajstić information content (AvgIpc) is 3.01. The summed E-state index contributed by atoms with van der Waals surface area (Å²) in [6.45, 7) is 0. The van der Waals surface area contributed by atoms with E-state index in [1.807, 2.05) is 18.2 Å². The number of nitrogens with zero attached hydrogens (tertiary/aromatic N) is 3. The number of anilines is 2. The zero-order chi connectivity index (χ0) is 18.7. The Morgan fingerprint density at radius 1 is 1.27 bits per heavy atom. The molecule has 0 unspecified atom stereocenters. The Bertz CT molecular complexity index is 992. The van der Waals surface area contributed by atoms with E-state index < -0.39 is 10.8 Å². The second-order valence-corrected chi connectivity index (χ2v) is 6.79. The molecule has 3 N–H and O–H groups in total. The lowest BCUT2D eigenvalue weighted by molar-refractivity contribution is -0.383. The van der Waals surface area contributed by atoms with Crippen LogP contribution in [0.3, 0.4) is 0 Å². The van der Waals surface area contributed by atoms with Gasteiger partial charge in [-0.25, -0.2) is 0 Å². The van der Waals surface area contributed by atoms with Crippen molar-refractivity contribution < 1.29 is 9.72 Å². The van der Waals surface area contributed by atoms with Crippen molar-refractivity contribution in [2.75, 3.05) is 11.1 Å². The van der Waals surface area contributed by atoms with Gasteiger partial charge in [-0.3, -0.25) is 20.2 Å². The second-order valence-electron chi connectivity index (χ2n) is 5.29. The van der Waals surface area contributed by atoms with Crippen molar-refractivity contribution in [3.8, 4) is 0 Å². The minimum absolute atomic E-state index is 0.00808. The number of carbonyl (C=O) groups is 1. The molecule has 0 saturated heterocycles. The van der Waals surface area contributed by atoms with Crippen LogP contribution in [0.2, 0.25) is 5.02 Å². The molecule has 0 aliphatic carbocycles. The van der Waals surface area contributed by atoms with Crippen LogP contribution in [0.1, 0.15) is 20.9 Å². The molecule has 0 bridgehead atoms. The molecule has 0 aliphatic heterocycles. The molecular formula is C16H12ClN5O3S. The number of hydrogen-bond acceptors (Lipinski definition) is 7. The van der Waals surface area contributed by atoms with Crippen LogP contribution in [-0.4, -0.2) is 21.0 Å². The van der Waals surface area contributed by atoms with E-state index in [9.17, 15) is 14.9 Å². The molecule has 1 aromatic heterocycles. The first-order valence-corrected chi connectivity index (χ1v) is 8.54. The lowest BCUT2D eigenvalue weighted by Gasteiger charge is -2.02. The van der Waals surface area contributed by atoms with Gasteiger partial charge in [-0.1, -0.05) is 35.1 Å². The SMILES string of the molecule is Nc1ccc(C(=O)Nc2nnc(Cc3cccc(Cl)c3)s2)cc1[N+](=O)[O-]. The maximum Gasteiger partial charge on any atom is 0.292 e. The third kappa shape index (κ3) is 4.13. The fraction of sp³-hybridized carbons (Fsp3) is 0.0625. The Labute approximate surface area is 156 Å². The number of amides is 1. The van der Waals surface area contributed by atoms with Gasteiger partial charge in [0.1, 0.15) is 10.7 Å². The number of rotatable bonds is 5. The maximum absolute atomic E-state index is 12.3. The molecule has 0 radical (unpaired) electrons. The Hall–Kier alpha value is -3.04. The van der Waals surface area contributed by atoms with Crippen LogP contribution in [0.5, 0.6) is 0 Å². The van der Waals surface area contributed by atoms with Gasteiger partial charge in [0.05, 0.1) is 4.92 Å². The number of nitro groups is 1. The highest BCUT2D eigenvalue weighted by Gasteiger charge is 2.17. The van der Waals surface area contributed by atoms with E-state index in [2.05, 4.69) is 15.5 Å². The number of nitrogens with two attached hydrogens (primary N) is 1. The highest BCUT2D eigenvalue weighted by atomic mass is 35.5. The molecule has 3 aromatic rings. The van der Waals surface area contributed by atoms with Crippen molar-refractivity contribution in [1.82, 2.24) is 10.2 Å². The summed E-state index contributed by atoms with van der Waals surface area (Å²) in [5, 5.41) is 23.1. The lowest BCUT2D eigenvalue weighted by Crippen LogP contribution is -2.12. The van der Waals surface area contributed by atoms with Gasteiger partial charge in [-0.15, -0.1) is 10.2 Å². The summed E-state index contributed by atoms with van der Waals surface area (Å²) in [5.74, 6) is -0.529. The number of nitrogens with one attached hydrogen (secondary N) is 1. The van der Waals surface area contributed by atoms with Crippen LogP contribution in [0.25, 0.3) is 0 Å². The Kier molecular flexibility index (Phi) is 5.10. The van der Waals surface area contributed by atoms with Gasteiger partial charge < -0.3 is 5.73 Å². The third-order valence-electron chi connectivity index (χ3n) is 3.42. The van der Waals surface area contributed by atoms with Crippen molar-refractivity contribution in [3.63, 3.8) is 0 Å². The van der Waals surface area contributed by atoms with E-state index in [1.165, 1.54) is 23.5 Å². The first kappa shape index (κ1) is 17.8. The third-order valence-corrected chi connectivity index (χ3v) is 4.49. The molecular weight excluding hydrogens is 378 g/mol. The predicted octanol–water partition coefficient (Wildman–Crippen LogP) is 3.53. The van der Waals surface area contributed by atoms with E-state index in [1.54, 1.807) is 6.07 Å². The number of halogens is 1. The maximum atomic E-state index is 12.3. The standard InChI is InChI=1S/C16H12ClN5O3S/c17-11-3-1-2-9(6-11)7-14-20-21-16(26-14)19-15(23)10-4-5-12(18)13(8-10)22(24)25/h1-6,8H,7,18H2,(H,19,21,23). The summed E-state index contributed by atoms with van der Waals surface area (Å²) >= 11 is 7.17. The molecule has 0 aliphatic rings. The summed E-state index contributed by atoms with van der Waals surface area (Å²) in [6.07, 6.45) is 0.529. The molecule has 10 heteroatoms. The summed E-state index contributed by atoms with van der Waals surface area (Å²) in [6, 6.07) is 11.2. The number of aromatic nitrogens is 2. The van der Waals surface area contributed by atoms with Crippen LogP contribution in [0, 0.1) is 10.1 Å². The topological polar surface area (TPSA) is 124 Å². The molecule has 8 nitrogen and oxygen atoms in total. The summed E-state index contributed by atoms with van der Waals surface area (Å²) < 4.78 is 0. The van der Waals surface area contributed by atoms with Gasteiger partial charge in [0.2, 0.25) is 5.13 Å². The van der Waals surface area contributed by atoms with Crippen molar-refractivity contribution in [2.24, 2.45) is 0 Å². The monoisotopic (exact) mass is 389 g/mol. The average molecular weight is 390 g/mol. The molecule has 0 saturated carbocycles. The number of nitro benzene ring substituents is 1. The quantitative estimate of drug-likeness (QED) is 0.390. The highest BCUT2D eigenvalue weighted by molar-refractivity contribution is 7.15. The molecule has 1 heterocycles. The van der Waals surface area contributed by atoms with Crippen molar-refractivity contribution in [1.29, 1.82) is 0 Å². The van der Waals surface area contributed by atoms with Crippen LogP contribution in [0.15, 0.2) is 42.5 Å². The first-order chi connectivity index (χ1) is 12.4. The van der Waals surface area contributed by atoms with E-state index in [0.29, 0.717) is 21.6 Å². The Balaban J connectivity index is 1.72. The molecule has 0 spiro atoms. The van der Waals surface area contributed by atoms with Crippen molar-refractivity contribution >= 4 is 45.4 Å². The van der Waals surface area contributed by atoms with Gasteiger partial charge >= 0.3 is 0 Å². The van der Waals surface area contributed by atoms with E-state index in [4.69, 9.17) is 17.3 Å². The van der Waals surface area contributed by atoms with Gasteiger partial charge in [0.15, 0.2) is 0 Å². The second kappa shape index (κ2) is 7.46.